The maximum absolute atomic E-state index is 15.9. The summed E-state index contributed by atoms with van der Waals surface area (Å²) in [5, 5.41) is 14.1. The average molecular weight is 507 g/mol. The fourth-order valence-electron chi connectivity index (χ4n) is 4.44. The average Bonchev–Trinajstić information content (AvgIpc) is 3.56. The maximum atomic E-state index is 15.9. The highest BCUT2D eigenvalue weighted by Gasteiger charge is 2.35. The molecule has 11 nitrogen and oxygen atoms in total. The van der Waals surface area contributed by atoms with E-state index >= 15 is 8.78 Å². The standard InChI is InChI=1S/C23H28F2N6O5/c1-9(26)21(33)28-10(2)22(34)29-11-5-6-30(7-11)19-15(24)17(27)14-18(16(19)25)31(12-3-4-12)8-13(20(14)32)23(35)36/h8-12H,3-7,26-27H2,1-2H3,(H,28,33)(H,29,34)(H,35,36). The van der Waals surface area contributed by atoms with E-state index in [0.29, 0.717) is 19.3 Å². The van der Waals surface area contributed by atoms with Gasteiger partial charge in [0.15, 0.2) is 11.6 Å². The summed E-state index contributed by atoms with van der Waals surface area (Å²) in [6, 6.07) is -2.34. The van der Waals surface area contributed by atoms with Crippen molar-refractivity contribution in [2.75, 3.05) is 23.7 Å². The number of aromatic carboxylic acids is 1. The molecule has 36 heavy (non-hydrogen) atoms. The Morgan fingerprint density at radius 3 is 2.39 bits per heavy atom. The van der Waals surface area contributed by atoms with Crippen molar-refractivity contribution in [3.8, 4) is 0 Å². The number of benzene rings is 1. The van der Waals surface area contributed by atoms with Crippen molar-refractivity contribution < 1.29 is 28.3 Å². The number of carboxylic acid groups (broad SMARTS) is 1. The predicted molar refractivity (Wildman–Crippen MR) is 128 cm³/mol. The van der Waals surface area contributed by atoms with Crippen LogP contribution in [0.3, 0.4) is 0 Å². The molecule has 1 saturated carbocycles. The van der Waals surface area contributed by atoms with Crippen molar-refractivity contribution in [2.45, 2.75) is 57.3 Å². The summed E-state index contributed by atoms with van der Waals surface area (Å²) in [6.07, 6.45) is 2.75. The van der Waals surface area contributed by atoms with Gasteiger partial charge in [0.1, 0.15) is 17.3 Å². The van der Waals surface area contributed by atoms with Crippen molar-refractivity contribution in [3.05, 3.63) is 33.6 Å². The first-order valence-electron chi connectivity index (χ1n) is 11.6. The van der Waals surface area contributed by atoms with Crippen LogP contribution in [0.25, 0.3) is 10.9 Å². The highest BCUT2D eigenvalue weighted by Crippen LogP contribution is 2.42. The van der Waals surface area contributed by atoms with Crippen LogP contribution in [0, 0.1) is 11.6 Å². The molecule has 2 heterocycles. The van der Waals surface area contributed by atoms with E-state index in [2.05, 4.69) is 10.6 Å². The Balaban J connectivity index is 1.65. The fourth-order valence-corrected chi connectivity index (χ4v) is 4.44. The Hall–Kier alpha value is -3.74. The molecule has 0 radical (unpaired) electrons. The molecular formula is C23H28F2N6O5. The minimum Gasteiger partial charge on any atom is -0.477 e. The Morgan fingerprint density at radius 2 is 1.81 bits per heavy atom. The summed E-state index contributed by atoms with van der Waals surface area (Å²) >= 11 is 0. The van der Waals surface area contributed by atoms with Gasteiger partial charge in [0.2, 0.25) is 17.2 Å². The van der Waals surface area contributed by atoms with Gasteiger partial charge in [0.25, 0.3) is 0 Å². The molecule has 1 aromatic carbocycles. The van der Waals surface area contributed by atoms with Crippen molar-refractivity contribution in [1.29, 1.82) is 0 Å². The van der Waals surface area contributed by atoms with Crippen LogP contribution in [0.2, 0.25) is 0 Å². The number of nitrogens with two attached hydrogens (primary N) is 2. The molecule has 0 spiro atoms. The second-order valence-corrected chi connectivity index (χ2v) is 9.39. The highest BCUT2D eigenvalue weighted by atomic mass is 19.1. The molecule has 2 amide bonds. The molecular weight excluding hydrogens is 478 g/mol. The van der Waals surface area contributed by atoms with Crippen molar-refractivity contribution >= 4 is 40.1 Å². The lowest BCUT2D eigenvalue weighted by atomic mass is 10.1. The van der Waals surface area contributed by atoms with Gasteiger partial charge >= 0.3 is 5.97 Å². The molecule has 1 saturated heterocycles. The summed E-state index contributed by atoms with van der Waals surface area (Å²) in [5.41, 5.74) is 8.49. The summed E-state index contributed by atoms with van der Waals surface area (Å²) in [5.74, 6) is -4.65. The number of nitrogens with zero attached hydrogens (tertiary/aromatic N) is 2. The Kier molecular flexibility index (Phi) is 6.60. The van der Waals surface area contributed by atoms with Crippen molar-refractivity contribution in [2.24, 2.45) is 5.73 Å². The lowest BCUT2D eigenvalue weighted by Gasteiger charge is -2.24. The molecule has 2 fully saturated rings. The molecule has 0 bridgehead atoms. The van der Waals surface area contributed by atoms with Crippen LogP contribution in [0.15, 0.2) is 11.0 Å². The SMILES string of the molecule is CC(N)C(=O)NC(C)C(=O)NC1CCN(c2c(F)c(N)c3c(=O)c(C(=O)O)cn(C4CC4)c3c2F)C1. The number of hydrogen-bond donors (Lipinski definition) is 5. The zero-order chi connectivity index (χ0) is 26.5. The van der Waals surface area contributed by atoms with Gasteiger partial charge < -0.3 is 36.7 Å². The van der Waals surface area contributed by atoms with E-state index in [4.69, 9.17) is 11.5 Å². The minimum absolute atomic E-state index is 0.0549. The number of carbonyl (C=O) groups excluding carboxylic acids is 2. The van der Waals surface area contributed by atoms with Crippen molar-refractivity contribution in [3.63, 3.8) is 0 Å². The Bertz CT molecular complexity index is 1320. The van der Waals surface area contributed by atoms with Crippen LogP contribution in [0.5, 0.6) is 0 Å². The van der Waals surface area contributed by atoms with Gasteiger partial charge in [-0.05, 0) is 33.1 Å². The van der Waals surface area contributed by atoms with E-state index in [0.717, 1.165) is 6.20 Å². The topological polar surface area (TPSA) is 173 Å². The Morgan fingerprint density at radius 1 is 1.14 bits per heavy atom. The fraction of sp³-hybridized carbons (Fsp3) is 0.478. The van der Waals surface area contributed by atoms with E-state index in [1.807, 2.05) is 0 Å². The highest BCUT2D eigenvalue weighted by molar-refractivity contribution is 6.00. The van der Waals surface area contributed by atoms with Crippen LogP contribution < -0.4 is 32.4 Å². The molecule has 1 aliphatic heterocycles. The smallest absolute Gasteiger partial charge is 0.341 e. The van der Waals surface area contributed by atoms with E-state index in [1.54, 1.807) is 0 Å². The number of nitrogen functional groups attached to an aromatic ring is 1. The van der Waals surface area contributed by atoms with E-state index < -0.39 is 75.3 Å². The summed E-state index contributed by atoms with van der Waals surface area (Å²) in [4.78, 5) is 49.9. The number of carbonyl (C=O) groups is 3. The predicted octanol–water partition coefficient (Wildman–Crippen LogP) is 0.442. The van der Waals surface area contributed by atoms with Crippen LogP contribution >= 0.6 is 0 Å². The van der Waals surface area contributed by atoms with Gasteiger partial charge in [-0.3, -0.25) is 14.4 Å². The number of nitrogens with one attached hydrogen (secondary N) is 2. The van der Waals surface area contributed by atoms with Gasteiger partial charge in [-0.1, -0.05) is 0 Å². The number of halogens is 2. The summed E-state index contributed by atoms with van der Waals surface area (Å²) < 4.78 is 32.6. The first-order chi connectivity index (χ1) is 16.9. The molecule has 7 N–H and O–H groups in total. The second kappa shape index (κ2) is 9.37. The molecule has 1 aliphatic carbocycles. The van der Waals surface area contributed by atoms with Crippen LogP contribution in [-0.4, -0.2) is 58.7 Å². The quantitative estimate of drug-likeness (QED) is 0.337. The second-order valence-electron chi connectivity index (χ2n) is 9.39. The van der Waals surface area contributed by atoms with Crippen molar-refractivity contribution in [1.82, 2.24) is 15.2 Å². The van der Waals surface area contributed by atoms with Gasteiger partial charge in [-0.25, -0.2) is 13.6 Å². The van der Waals surface area contributed by atoms with Crippen LogP contribution in [0.4, 0.5) is 20.2 Å². The first kappa shape index (κ1) is 25.4. The third kappa shape index (κ3) is 4.45. The zero-order valence-corrected chi connectivity index (χ0v) is 19.8. The monoisotopic (exact) mass is 506 g/mol. The molecule has 2 aliphatic rings. The lowest BCUT2D eigenvalue weighted by Crippen LogP contribution is -2.51. The zero-order valence-electron chi connectivity index (χ0n) is 19.8. The maximum Gasteiger partial charge on any atom is 0.341 e. The minimum atomic E-state index is -1.51. The van der Waals surface area contributed by atoms with Crippen LogP contribution in [-0.2, 0) is 9.59 Å². The third-order valence-electron chi connectivity index (χ3n) is 6.55. The molecule has 3 atom stereocenters. The number of carboxylic acids is 1. The van der Waals surface area contributed by atoms with Gasteiger partial charge in [-0.15, -0.1) is 0 Å². The molecule has 4 rings (SSSR count). The lowest BCUT2D eigenvalue weighted by molar-refractivity contribution is -0.129. The molecule has 3 unspecified atom stereocenters. The molecule has 194 valence electrons. The number of pyridine rings is 1. The number of amides is 2. The van der Waals surface area contributed by atoms with Gasteiger partial charge in [0.05, 0.1) is 22.6 Å². The summed E-state index contributed by atoms with van der Waals surface area (Å²) in [7, 11) is 0. The third-order valence-corrected chi connectivity index (χ3v) is 6.55. The molecule has 2 aromatic rings. The van der Waals surface area contributed by atoms with Gasteiger partial charge in [0, 0.05) is 31.4 Å². The first-order valence-corrected chi connectivity index (χ1v) is 11.6. The number of aromatic nitrogens is 1. The number of hydrogen-bond acceptors (Lipinski definition) is 7. The molecule has 13 heteroatoms. The van der Waals surface area contributed by atoms with E-state index in [-0.39, 0.29) is 24.6 Å². The number of rotatable bonds is 7. The number of fused-ring (bicyclic) bond motifs is 1. The Labute approximate surface area is 204 Å². The van der Waals surface area contributed by atoms with E-state index in [1.165, 1.54) is 23.3 Å². The summed E-state index contributed by atoms with van der Waals surface area (Å²) in [6.45, 7) is 3.22. The molecule has 1 aromatic heterocycles. The largest absolute Gasteiger partial charge is 0.477 e. The van der Waals surface area contributed by atoms with Gasteiger partial charge in [-0.2, -0.15) is 0 Å². The normalized spacial score (nSPS) is 19.2. The van der Waals surface area contributed by atoms with Crippen LogP contribution in [0.1, 0.15) is 49.5 Å². The van der Waals surface area contributed by atoms with E-state index in [9.17, 15) is 24.3 Å². The number of anilines is 2.